The van der Waals surface area contributed by atoms with Crippen LogP contribution >= 0.6 is 0 Å². The Morgan fingerprint density at radius 3 is 2.87 bits per heavy atom. The second kappa shape index (κ2) is 4.51. The Morgan fingerprint density at radius 1 is 1.40 bits per heavy atom. The van der Waals surface area contributed by atoms with Crippen LogP contribution in [0.5, 0.6) is 0 Å². The minimum Gasteiger partial charge on any atom is -0.303 e. The van der Waals surface area contributed by atoms with Crippen molar-refractivity contribution in [3.63, 3.8) is 0 Å². The van der Waals surface area contributed by atoms with Gasteiger partial charge < -0.3 is 4.79 Å². The summed E-state index contributed by atoms with van der Waals surface area (Å²) in [7, 11) is 0. The monoisotopic (exact) mass is 206 g/mol. The molecule has 1 fully saturated rings. The molecule has 2 rings (SSSR count). The third-order valence-corrected chi connectivity index (χ3v) is 4.31. The first-order valence-electron chi connectivity index (χ1n) is 6.35. The number of carbonyl (C=O) groups excluding carboxylic acids is 1. The van der Waals surface area contributed by atoms with E-state index in [2.05, 4.69) is 19.9 Å². The van der Waals surface area contributed by atoms with E-state index in [0.29, 0.717) is 5.92 Å². The summed E-state index contributed by atoms with van der Waals surface area (Å²) < 4.78 is 0. The molecule has 1 saturated carbocycles. The first kappa shape index (κ1) is 10.9. The lowest BCUT2D eigenvalue weighted by atomic mass is 9.69. The quantitative estimate of drug-likeness (QED) is 0.498. The van der Waals surface area contributed by atoms with Gasteiger partial charge in [0.2, 0.25) is 0 Å². The summed E-state index contributed by atoms with van der Waals surface area (Å²) in [6.45, 7) is 4.67. The highest BCUT2D eigenvalue weighted by molar-refractivity contribution is 5.54. The van der Waals surface area contributed by atoms with Gasteiger partial charge >= 0.3 is 0 Å². The molecule has 0 heterocycles. The Balaban J connectivity index is 2.03. The van der Waals surface area contributed by atoms with Gasteiger partial charge in [-0.3, -0.25) is 0 Å². The van der Waals surface area contributed by atoms with Crippen molar-refractivity contribution in [2.24, 2.45) is 23.7 Å². The Kier molecular flexibility index (Phi) is 3.28. The average Bonchev–Trinajstić information content (AvgIpc) is 2.27. The van der Waals surface area contributed by atoms with Crippen molar-refractivity contribution in [1.82, 2.24) is 0 Å². The lowest BCUT2D eigenvalue weighted by molar-refractivity contribution is -0.111. The lowest BCUT2D eigenvalue weighted by Crippen LogP contribution is -2.25. The fraction of sp³-hybridized carbons (Fsp3) is 0.786. The van der Waals surface area contributed by atoms with Gasteiger partial charge in [-0.05, 0) is 49.9 Å². The van der Waals surface area contributed by atoms with Crippen LogP contribution in [0.15, 0.2) is 11.6 Å². The predicted octanol–water partition coefficient (Wildman–Crippen LogP) is 3.59. The van der Waals surface area contributed by atoms with Crippen molar-refractivity contribution in [3.05, 3.63) is 11.6 Å². The highest BCUT2D eigenvalue weighted by atomic mass is 16.1. The highest BCUT2D eigenvalue weighted by Gasteiger charge is 2.30. The van der Waals surface area contributed by atoms with Crippen LogP contribution in [-0.2, 0) is 4.79 Å². The standard InChI is InChI=1S/C14H22O/c1-10(2)12-5-6-13-7-11(9-15)3-4-14(13)8-12/h6,9-12,14H,3-5,7-8H2,1-2H3. The van der Waals surface area contributed by atoms with Crippen LogP contribution in [0.25, 0.3) is 0 Å². The zero-order chi connectivity index (χ0) is 10.8. The molecule has 0 radical (unpaired) electrons. The van der Waals surface area contributed by atoms with E-state index >= 15 is 0 Å². The van der Waals surface area contributed by atoms with Crippen molar-refractivity contribution in [2.45, 2.75) is 46.0 Å². The van der Waals surface area contributed by atoms with E-state index in [-0.39, 0.29) is 0 Å². The van der Waals surface area contributed by atoms with Gasteiger partial charge in [-0.15, -0.1) is 0 Å². The normalized spacial score (nSPS) is 35.9. The van der Waals surface area contributed by atoms with Crippen LogP contribution in [-0.4, -0.2) is 6.29 Å². The Labute approximate surface area is 92.9 Å². The summed E-state index contributed by atoms with van der Waals surface area (Å²) in [4.78, 5) is 10.8. The van der Waals surface area contributed by atoms with Gasteiger partial charge in [0, 0.05) is 5.92 Å². The average molecular weight is 206 g/mol. The molecule has 2 aliphatic carbocycles. The van der Waals surface area contributed by atoms with Gasteiger partial charge in [0.25, 0.3) is 0 Å². The lowest BCUT2D eigenvalue weighted by Gasteiger charge is -2.36. The van der Waals surface area contributed by atoms with Gasteiger partial charge in [0.15, 0.2) is 0 Å². The SMILES string of the molecule is CC(C)C1CC=C2CC(C=O)CCC2C1. The summed E-state index contributed by atoms with van der Waals surface area (Å²) in [5.74, 6) is 2.82. The summed E-state index contributed by atoms with van der Waals surface area (Å²) in [5.41, 5.74) is 1.59. The van der Waals surface area contributed by atoms with Crippen LogP contribution in [0.4, 0.5) is 0 Å². The zero-order valence-electron chi connectivity index (χ0n) is 9.91. The molecule has 84 valence electrons. The van der Waals surface area contributed by atoms with Crippen LogP contribution in [0.3, 0.4) is 0 Å². The van der Waals surface area contributed by atoms with E-state index in [0.717, 1.165) is 36.9 Å². The number of carbonyl (C=O) groups is 1. The number of aldehydes is 1. The maximum Gasteiger partial charge on any atom is 0.123 e. The van der Waals surface area contributed by atoms with Gasteiger partial charge in [0.05, 0.1) is 0 Å². The van der Waals surface area contributed by atoms with E-state index in [1.165, 1.54) is 19.3 Å². The van der Waals surface area contributed by atoms with Crippen molar-refractivity contribution in [1.29, 1.82) is 0 Å². The summed E-state index contributed by atoms with van der Waals surface area (Å²) in [5, 5.41) is 0. The number of hydrogen-bond donors (Lipinski definition) is 0. The van der Waals surface area contributed by atoms with Crippen LogP contribution < -0.4 is 0 Å². The van der Waals surface area contributed by atoms with E-state index in [1.54, 1.807) is 5.57 Å². The molecule has 0 spiro atoms. The minimum atomic E-state index is 0.322. The third-order valence-electron chi connectivity index (χ3n) is 4.31. The van der Waals surface area contributed by atoms with Crippen molar-refractivity contribution >= 4 is 6.29 Å². The minimum absolute atomic E-state index is 0.322. The van der Waals surface area contributed by atoms with Crippen LogP contribution in [0, 0.1) is 23.7 Å². The molecule has 0 bridgehead atoms. The molecule has 2 aliphatic rings. The number of hydrogen-bond acceptors (Lipinski definition) is 1. The number of rotatable bonds is 2. The fourth-order valence-corrected chi connectivity index (χ4v) is 3.12. The molecule has 3 unspecified atom stereocenters. The van der Waals surface area contributed by atoms with Crippen molar-refractivity contribution < 1.29 is 4.79 Å². The first-order valence-corrected chi connectivity index (χ1v) is 6.35. The largest absolute Gasteiger partial charge is 0.303 e. The summed E-state index contributed by atoms with van der Waals surface area (Å²) in [6.07, 6.45) is 9.64. The second-order valence-electron chi connectivity index (χ2n) is 5.63. The molecule has 0 aromatic heterocycles. The van der Waals surface area contributed by atoms with Crippen LogP contribution in [0.2, 0.25) is 0 Å². The smallest absolute Gasteiger partial charge is 0.123 e. The van der Waals surface area contributed by atoms with Crippen LogP contribution in [0.1, 0.15) is 46.0 Å². The number of allylic oxidation sites excluding steroid dienone is 2. The van der Waals surface area contributed by atoms with Gasteiger partial charge in [-0.1, -0.05) is 25.5 Å². The Hall–Kier alpha value is -0.590. The Morgan fingerprint density at radius 2 is 2.20 bits per heavy atom. The Bertz CT molecular complexity index is 265. The second-order valence-corrected chi connectivity index (χ2v) is 5.63. The first-order chi connectivity index (χ1) is 7.20. The maximum absolute atomic E-state index is 10.8. The molecule has 1 heteroatoms. The van der Waals surface area contributed by atoms with Crippen molar-refractivity contribution in [2.75, 3.05) is 0 Å². The summed E-state index contributed by atoms with van der Waals surface area (Å²) in [6, 6.07) is 0. The van der Waals surface area contributed by atoms with E-state index in [9.17, 15) is 4.79 Å². The molecule has 15 heavy (non-hydrogen) atoms. The molecule has 0 aromatic rings. The van der Waals surface area contributed by atoms with E-state index < -0.39 is 0 Å². The number of fused-ring (bicyclic) bond motifs is 1. The maximum atomic E-state index is 10.8. The third kappa shape index (κ3) is 2.32. The molecule has 1 nitrogen and oxygen atoms in total. The predicted molar refractivity (Wildman–Crippen MR) is 62.5 cm³/mol. The summed E-state index contributed by atoms with van der Waals surface area (Å²) >= 11 is 0. The van der Waals surface area contributed by atoms with Gasteiger partial charge in [0.1, 0.15) is 6.29 Å². The highest BCUT2D eigenvalue weighted by Crippen LogP contribution is 2.42. The van der Waals surface area contributed by atoms with Gasteiger partial charge in [-0.25, -0.2) is 0 Å². The van der Waals surface area contributed by atoms with E-state index in [1.807, 2.05) is 0 Å². The topological polar surface area (TPSA) is 17.1 Å². The fourth-order valence-electron chi connectivity index (χ4n) is 3.12. The molecule has 0 aromatic carbocycles. The van der Waals surface area contributed by atoms with E-state index in [4.69, 9.17) is 0 Å². The van der Waals surface area contributed by atoms with Gasteiger partial charge in [-0.2, -0.15) is 0 Å². The molecule has 0 saturated heterocycles. The molecule has 0 amide bonds. The molecular formula is C14H22O. The molecule has 0 aliphatic heterocycles. The van der Waals surface area contributed by atoms with Crippen molar-refractivity contribution in [3.8, 4) is 0 Å². The molecule has 0 N–H and O–H groups in total. The zero-order valence-corrected chi connectivity index (χ0v) is 9.91. The molecular weight excluding hydrogens is 184 g/mol. The molecule has 3 atom stereocenters.